The second-order valence-corrected chi connectivity index (χ2v) is 5.81. The number of hydrogen-bond donors (Lipinski definition) is 1. The van der Waals surface area contributed by atoms with Gasteiger partial charge < -0.3 is 10.1 Å². The van der Waals surface area contributed by atoms with E-state index in [-0.39, 0.29) is 0 Å². The summed E-state index contributed by atoms with van der Waals surface area (Å²) in [6.45, 7) is 7.64. The molecule has 1 aromatic carbocycles. The monoisotopic (exact) mass is 283 g/mol. The van der Waals surface area contributed by atoms with Crippen LogP contribution in [0.4, 0.5) is 0 Å². The third-order valence-corrected chi connectivity index (χ3v) is 3.50. The zero-order valence-electron chi connectivity index (χ0n) is 12.5. The first-order valence-electron chi connectivity index (χ1n) is 7.12. The molecule has 108 valence electrons. The van der Waals surface area contributed by atoms with E-state index in [0.29, 0.717) is 12.0 Å². The topological polar surface area (TPSA) is 21.3 Å². The van der Waals surface area contributed by atoms with E-state index in [4.69, 9.17) is 16.3 Å². The molecule has 0 aliphatic heterocycles. The van der Waals surface area contributed by atoms with Crippen LogP contribution < -0.4 is 10.1 Å². The highest BCUT2D eigenvalue weighted by Crippen LogP contribution is 2.26. The predicted octanol–water partition coefficient (Wildman–Crippen LogP) is 4.31. The molecule has 3 heteroatoms. The Morgan fingerprint density at radius 1 is 1.32 bits per heavy atom. The fourth-order valence-electron chi connectivity index (χ4n) is 2.30. The Morgan fingerprint density at radius 3 is 2.63 bits per heavy atom. The van der Waals surface area contributed by atoms with E-state index in [9.17, 15) is 0 Å². The Hall–Kier alpha value is -0.730. The lowest BCUT2D eigenvalue weighted by atomic mass is 9.94. The van der Waals surface area contributed by atoms with Crippen molar-refractivity contribution in [1.82, 2.24) is 5.32 Å². The van der Waals surface area contributed by atoms with Crippen molar-refractivity contribution in [2.75, 3.05) is 13.7 Å². The molecular formula is C16H26ClNO. The third kappa shape index (κ3) is 5.84. The zero-order chi connectivity index (χ0) is 14.3. The molecule has 1 aromatic rings. The van der Waals surface area contributed by atoms with Gasteiger partial charge in [0.05, 0.1) is 7.11 Å². The van der Waals surface area contributed by atoms with E-state index in [0.717, 1.165) is 23.7 Å². The predicted molar refractivity (Wildman–Crippen MR) is 83.2 cm³/mol. The molecule has 0 heterocycles. The lowest BCUT2D eigenvalue weighted by Crippen LogP contribution is -2.30. The van der Waals surface area contributed by atoms with Crippen LogP contribution in [0.1, 0.15) is 39.2 Å². The Kier molecular flexibility index (Phi) is 7.25. The smallest absolute Gasteiger partial charge is 0.122 e. The molecule has 0 saturated heterocycles. The summed E-state index contributed by atoms with van der Waals surface area (Å²) in [7, 11) is 1.72. The summed E-state index contributed by atoms with van der Waals surface area (Å²) in [6.07, 6.45) is 3.43. The SMILES string of the molecule is CCCC(CNC(C)C)Cc1cc(Cl)ccc1OC. The minimum atomic E-state index is 0.528. The van der Waals surface area contributed by atoms with Crippen molar-refractivity contribution >= 4 is 11.6 Å². The lowest BCUT2D eigenvalue weighted by molar-refractivity contribution is 0.389. The molecule has 1 unspecified atom stereocenters. The molecule has 0 amide bonds. The minimum Gasteiger partial charge on any atom is -0.496 e. The van der Waals surface area contributed by atoms with Crippen LogP contribution in [0.15, 0.2) is 18.2 Å². The number of nitrogens with one attached hydrogen (secondary N) is 1. The van der Waals surface area contributed by atoms with Crippen LogP contribution in [0, 0.1) is 5.92 Å². The summed E-state index contributed by atoms with van der Waals surface area (Å²) in [5.74, 6) is 1.56. The van der Waals surface area contributed by atoms with Gasteiger partial charge in [-0.3, -0.25) is 0 Å². The number of ether oxygens (including phenoxy) is 1. The Bertz CT molecular complexity index is 379. The van der Waals surface area contributed by atoms with Crippen LogP contribution >= 0.6 is 11.6 Å². The number of halogens is 1. The summed E-state index contributed by atoms with van der Waals surface area (Å²) >= 11 is 6.09. The standard InChI is InChI=1S/C16H26ClNO/c1-5-6-13(11-18-12(2)3)9-14-10-15(17)7-8-16(14)19-4/h7-8,10,12-13,18H,5-6,9,11H2,1-4H3. The average molecular weight is 284 g/mol. The maximum absolute atomic E-state index is 6.09. The van der Waals surface area contributed by atoms with Crippen LogP contribution in [0.25, 0.3) is 0 Å². The molecule has 0 fully saturated rings. The molecule has 0 spiro atoms. The molecule has 1 rings (SSSR count). The molecule has 0 aliphatic carbocycles. The molecule has 0 radical (unpaired) electrons. The Morgan fingerprint density at radius 2 is 2.05 bits per heavy atom. The summed E-state index contributed by atoms with van der Waals surface area (Å²) < 4.78 is 5.43. The molecule has 1 N–H and O–H groups in total. The molecule has 1 atom stereocenters. The van der Waals surface area contributed by atoms with E-state index in [1.807, 2.05) is 18.2 Å². The van der Waals surface area contributed by atoms with Gasteiger partial charge in [0.25, 0.3) is 0 Å². The molecule has 0 aromatic heterocycles. The van der Waals surface area contributed by atoms with Crippen LogP contribution in [-0.2, 0) is 6.42 Å². The van der Waals surface area contributed by atoms with Crippen LogP contribution in [-0.4, -0.2) is 19.7 Å². The molecule has 0 aliphatic rings. The maximum atomic E-state index is 6.09. The largest absolute Gasteiger partial charge is 0.496 e. The van der Waals surface area contributed by atoms with Crippen LogP contribution in [0.2, 0.25) is 5.02 Å². The highest BCUT2D eigenvalue weighted by molar-refractivity contribution is 6.30. The van der Waals surface area contributed by atoms with Crippen molar-refractivity contribution in [3.8, 4) is 5.75 Å². The molecule has 19 heavy (non-hydrogen) atoms. The third-order valence-electron chi connectivity index (χ3n) is 3.26. The van der Waals surface area contributed by atoms with Gasteiger partial charge in [-0.15, -0.1) is 0 Å². The van der Waals surface area contributed by atoms with Gasteiger partial charge >= 0.3 is 0 Å². The second-order valence-electron chi connectivity index (χ2n) is 5.38. The van der Waals surface area contributed by atoms with Gasteiger partial charge in [-0.25, -0.2) is 0 Å². The van der Waals surface area contributed by atoms with Crippen molar-refractivity contribution in [3.05, 3.63) is 28.8 Å². The van der Waals surface area contributed by atoms with Crippen molar-refractivity contribution in [2.45, 2.75) is 46.1 Å². The first-order chi connectivity index (χ1) is 9.06. The summed E-state index contributed by atoms with van der Waals surface area (Å²) in [6, 6.07) is 6.39. The maximum Gasteiger partial charge on any atom is 0.122 e. The molecule has 2 nitrogen and oxygen atoms in total. The second kappa shape index (κ2) is 8.44. The zero-order valence-corrected chi connectivity index (χ0v) is 13.3. The first-order valence-corrected chi connectivity index (χ1v) is 7.50. The van der Waals surface area contributed by atoms with Crippen molar-refractivity contribution in [1.29, 1.82) is 0 Å². The number of hydrogen-bond acceptors (Lipinski definition) is 2. The normalized spacial score (nSPS) is 12.7. The van der Waals surface area contributed by atoms with E-state index < -0.39 is 0 Å². The molecular weight excluding hydrogens is 258 g/mol. The summed E-state index contributed by atoms with van der Waals surface area (Å²) in [5.41, 5.74) is 1.21. The van der Waals surface area contributed by atoms with Gasteiger partial charge in [0, 0.05) is 11.1 Å². The Balaban J connectivity index is 2.74. The van der Waals surface area contributed by atoms with Crippen molar-refractivity contribution in [3.63, 3.8) is 0 Å². The fraction of sp³-hybridized carbons (Fsp3) is 0.625. The van der Waals surface area contributed by atoms with Gasteiger partial charge in [0.1, 0.15) is 5.75 Å². The van der Waals surface area contributed by atoms with E-state index in [1.54, 1.807) is 7.11 Å². The van der Waals surface area contributed by atoms with Gasteiger partial charge in [-0.05, 0) is 49.1 Å². The quantitative estimate of drug-likeness (QED) is 0.768. The highest BCUT2D eigenvalue weighted by atomic mass is 35.5. The van der Waals surface area contributed by atoms with E-state index in [2.05, 4.69) is 26.1 Å². The number of methoxy groups -OCH3 is 1. The highest BCUT2D eigenvalue weighted by Gasteiger charge is 2.13. The molecule has 0 bridgehead atoms. The fourth-order valence-corrected chi connectivity index (χ4v) is 2.50. The minimum absolute atomic E-state index is 0.528. The van der Waals surface area contributed by atoms with Crippen molar-refractivity contribution < 1.29 is 4.74 Å². The summed E-state index contributed by atoms with van der Waals surface area (Å²) in [4.78, 5) is 0. The first kappa shape index (κ1) is 16.3. The van der Waals surface area contributed by atoms with E-state index in [1.165, 1.54) is 18.4 Å². The Labute approximate surface area is 122 Å². The summed E-state index contributed by atoms with van der Waals surface area (Å²) in [5, 5.41) is 4.31. The lowest BCUT2D eigenvalue weighted by Gasteiger charge is -2.20. The average Bonchev–Trinajstić information content (AvgIpc) is 2.36. The van der Waals surface area contributed by atoms with Crippen LogP contribution in [0.5, 0.6) is 5.75 Å². The van der Waals surface area contributed by atoms with Gasteiger partial charge in [-0.1, -0.05) is 38.8 Å². The van der Waals surface area contributed by atoms with Gasteiger partial charge in [-0.2, -0.15) is 0 Å². The number of benzene rings is 1. The van der Waals surface area contributed by atoms with Gasteiger partial charge in [0.15, 0.2) is 0 Å². The van der Waals surface area contributed by atoms with Crippen molar-refractivity contribution in [2.24, 2.45) is 5.92 Å². The van der Waals surface area contributed by atoms with Crippen LogP contribution in [0.3, 0.4) is 0 Å². The number of rotatable bonds is 8. The molecule has 0 saturated carbocycles. The van der Waals surface area contributed by atoms with E-state index >= 15 is 0 Å². The van der Waals surface area contributed by atoms with Gasteiger partial charge in [0.2, 0.25) is 0 Å².